The Bertz CT molecular complexity index is 651. The third-order valence-corrected chi connectivity index (χ3v) is 3.42. The smallest absolute Gasteiger partial charge is 0.303 e. The molecule has 2 N–H and O–H groups in total. The summed E-state index contributed by atoms with van der Waals surface area (Å²) in [5, 5.41) is 13.6. The van der Waals surface area contributed by atoms with Gasteiger partial charge >= 0.3 is 5.97 Å². The van der Waals surface area contributed by atoms with Gasteiger partial charge in [-0.2, -0.15) is 0 Å². The van der Waals surface area contributed by atoms with Gasteiger partial charge in [-0.25, -0.2) is 0 Å². The molecule has 1 unspecified atom stereocenters. The molecule has 0 saturated carbocycles. The fraction of sp³-hybridized carbons (Fsp3) is 0.294. The zero-order valence-corrected chi connectivity index (χ0v) is 12.0. The second-order valence-corrected chi connectivity index (χ2v) is 5.22. The number of fused-ring (bicyclic) bond motifs is 1. The van der Waals surface area contributed by atoms with Crippen LogP contribution in [0.2, 0.25) is 0 Å². The van der Waals surface area contributed by atoms with Gasteiger partial charge in [0.05, 0.1) is 0 Å². The van der Waals surface area contributed by atoms with Crippen LogP contribution in [0.4, 0.5) is 0 Å². The maximum Gasteiger partial charge on any atom is 0.303 e. The van der Waals surface area contributed by atoms with Crippen LogP contribution in [0.25, 0.3) is 10.8 Å². The van der Waals surface area contributed by atoms with Gasteiger partial charge in [-0.15, -0.1) is 0 Å². The molecule has 0 aliphatic carbocycles. The molecule has 2 rings (SSSR count). The first-order valence-corrected chi connectivity index (χ1v) is 7.08. The van der Waals surface area contributed by atoms with Gasteiger partial charge in [0.25, 0.3) is 5.91 Å². The van der Waals surface area contributed by atoms with Crippen molar-refractivity contribution >= 4 is 22.6 Å². The molecule has 0 spiro atoms. The molecule has 110 valence electrons. The maximum atomic E-state index is 12.2. The molecule has 0 aliphatic rings. The number of nitrogens with one attached hydrogen (secondary N) is 1. The van der Waals surface area contributed by atoms with Crippen molar-refractivity contribution in [1.29, 1.82) is 0 Å². The highest BCUT2D eigenvalue weighted by Gasteiger charge is 2.10. The van der Waals surface area contributed by atoms with E-state index in [-0.39, 0.29) is 18.4 Å². The number of carbonyl (C=O) groups excluding carboxylic acids is 1. The first-order chi connectivity index (χ1) is 10.1. The zero-order chi connectivity index (χ0) is 15.2. The van der Waals surface area contributed by atoms with E-state index in [1.54, 1.807) is 0 Å². The summed E-state index contributed by atoms with van der Waals surface area (Å²) in [6.07, 6.45) is 1.36. The quantitative estimate of drug-likeness (QED) is 0.856. The largest absolute Gasteiger partial charge is 0.481 e. The number of amides is 1. The van der Waals surface area contributed by atoms with Crippen LogP contribution >= 0.6 is 0 Å². The van der Waals surface area contributed by atoms with Crippen LogP contribution in [0, 0.1) is 0 Å². The monoisotopic (exact) mass is 285 g/mol. The maximum absolute atomic E-state index is 12.2. The lowest BCUT2D eigenvalue weighted by Gasteiger charge is -2.13. The van der Waals surface area contributed by atoms with Crippen LogP contribution in [0.3, 0.4) is 0 Å². The first kappa shape index (κ1) is 15.0. The van der Waals surface area contributed by atoms with Crippen molar-refractivity contribution in [1.82, 2.24) is 5.32 Å². The Morgan fingerprint density at radius 3 is 2.57 bits per heavy atom. The Labute approximate surface area is 123 Å². The number of carboxylic acid groups (broad SMARTS) is 1. The summed E-state index contributed by atoms with van der Waals surface area (Å²) >= 11 is 0. The second kappa shape index (κ2) is 6.88. The van der Waals surface area contributed by atoms with E-state index in [9.17, 15) is 9.59 Å². The summed E-state index contributed by atoms with van der Waals surface area (Å²) in [5.74, 6) is -0.924. The molecular formula is C17H19NO3. The molecule has 0 saturated heterocycles. The van der Waals surface area contributed by atoms with Crippen LogP contribution in [-0.2, 0) is 4.79 Å². The molecule has 0 aliphatic heterocycles. The Morgan fingerprint density at radius 1 is 1.14 bits per heavy atom. The third-order valence-electron chi connectivity index (χ3n) is 3.42. The van der Waals surface area contributed by atoms with Gasteiger partial charge < -0.3 is 10.4 Å². The van der Waals surface area contributed by atoms with Crippen LogP contribution in [0.15, 0.2) is 42.5 Å². The number of carboxylic acids is 1. The molecule has 0 fully saturated rings. The molecule has 4 heteroatoms. The van der Waals surface area contributed by atoms with Gasteiger partial charge in [-0.05, 0) is 42.7 Å². The van der Waals surface area contributed by atoms with Gasteiger partial charge in [0.15, 0.2) is 0 Å². The van der Waals surface area contributed by atoms with E-state index in [2.05, 4.69) is 5.32 Å². The van der Waals surface area contributed by atoms with Gasteiger partial charge in [0.2, 0.25) is 0 Å². The van der Waals surface area contributed by atoms with Crippen molar-refractivity contribution in [2.75, 3.05) is 0 Å². The van der Waals surface area contributed by atoms with E-state index in [0.717, 1.165) is 10.8 Å². The lowest BCUT2D eigenvalue weighted by molar-refractivity contribution is -0.137. The summed E-state index contributed by atoms with van der Waals surface area (Å²) in [4.78, 5) is 22.6. The molecule has 1 amide bonds. The Hall–Kier alpha value is -2.36. The van der Waals surface area contributed by atoms with E-state index < -0.39 is 5.97 Å². The van der Waals surface area contributed by atoms with Crippen LogP contribution < -0.4 is 5.32 Å². The molecule has 0 heterocycles. The SMILES string of the molecule is CC(CCCC(=O)O)NC(=O)c1ccc2ccccc2c1. The molecule has 2 aromatic carbocycles. The zero-order valence-electron chi connectivity index (χ0n) is 12.0. The standard InChI is InChI=1S/C17H19NO3/c1-12(5-4-8-16(19)20)18-17(21)15-10-9-13-6-2-3-7-14(13)11-15/h2-3,6-7,9-12H,4-5,8H2,1H3,(H,18,21)(H,19,20). The lowest BCUT2D eigenvalue weighted by Crippen LogP contribution is -2.32. The number of hydrogen-bond donors (Lipinski definition) is 2. The highest BCUT2D eigenvalue weighted by atomic mass is 16.4. The Balaban J connectivity index is 1.96. The molecule has 0 aromatic heterocycles. The average molecular weight is 285 g/mol. The predicted molar refractivity (Wildman–Crippen MR) is 82.4 cm³/mol. The van der Waals surface area contributed by atoms with E-state index in [1.165, 1.54) is 0 Å². The molecule has 0 bridgehead atoms. The molecule has 0 radical (unpaired) electrons. The topological polar surface area (TPSA) is 66.4 Å². The van der Waals surface area contributed by atoms with Crippen molar-refractivity contribution in [3.63, 3.8) is 0 Å². The van der Waals surface area contributed by atoms with Gasteiger partial charge in [-0.3, -0.25) is 9.59 Å². The first-order valence-electron chi connectivity index (χ1n) is 7.08. The summed E-state index contributed by atoms with van der Waals surface area (Å²) < 4.78 is 0. The third kappa shape index (κ3) is 4.31. The Kier molecular flexibility index (Phi) is 4.93. The summed E-state index contributed by atoms with van der Waals surface area (Å²) in [5.41, 5.74) is 0.624. The van der Waals surface area contributed by atoms with Gasteiger partial charge in [0, 0.05) is 18.0 Å². The fourth-order valence-corrected chi connectivity index (χ4v) is 2.27. The number of carbonyl (C=O) groups is 2. The van der Waals surface area contributed by atoms with Crippen LogP contribution in [-0.4, -0.2) is 23.0 Å². The minimum atomic E-state index is -0.803. The fourth-order valence-electron chi connectivity index (χ4n) is 2.27. The number of hydrogen-bond acceptors (Lipinski definition) is 2. The molecule has 21 heavy (non-hydrogen) atoms. The van der Waals surface area contributed by atoms with Crippen molar-refractivity contribution in [2.24, 2.45) is 0 Å². The minimum absolute atomic E-state index is 0.0386. The second-order valence-electron chi connectivity index (χ2n) is 5.22. The van der Waals surface area contributed by atoms with Gasteiger partial charge in [0.1, 0.15) is 0 Å². The molecular weight excluding hydrogens is 266 g/mol. The summed E-state index contributed by atoms with van der Waals surface area (Å²) in [6.45, 7) is 1.89. The highest BCUT2D eigenvalue weighted by Crippen LogP contribution is 2.15. The summed E-state index contributed by atoms with van der Waals surface area (Å²) in [7, 11) is 0. The molecule has 4 nitrogen and oxygen atoms in total. The molecule has 2 aromatic rings. The number of rotatable bonds is 6. The van der Waals surface area contributed by atoms with E-state index >= 15 is 0 Å². The molecule has 1 atom stereocenters. The predicted octanol–water partition coefficient (Wildman–Crippen LogP) is 3.21. The summed E-state index contributed by atoms with van der Waals surface area (Å²) in [6, 6.07) is 13.5. The normalized spacial score (nSPS) is 12.0. The Morgan fingerprint density at radius 2 is 1.86 bits per heavy atom. The van der Waals surface area contributed by atoms with E-state index in [0.29, 0.717) is 18.4 Å². The number of benzene rings is 2. The number of aliphatic carboxylic acids is 1. The highest BCUT2D eigenvalue weighted by molar-refractivity contribution is 5.98. The average Bonchev–Trinajstić information content (AvgIpc) is 2.46. The van der Waals surface area contributed by atoms with E-state index in [1.807, 2.05) is 49.4 Å². The lowest BCUT2D eigenvalue weighted by atomic mass is 10.1. The minimum Gasteiger partial charge on any atom is -0.481 e. The van der Waals surface area contributed by atoms with Crippen molar-refractivity contribution in [3.05, 3.63) is 48.0 Å². The van der Waals surface area contributed by atoms with E-state index in [4.69, 9.17) is 5.11 Å². The van der Waals surface area contributed by atoms with Gasteiger partial charge in [-0.1, -0.05) is 30.3 Å². The van der Waals surface area contributed by atoms with Crippen molar-refractivity contribution in [2.45, 2.75) is 32.2 Å². The van der Waals surface area contributed by atoms with Crippen molar-refractivity contribution < 1.29 is 14.7 Å². The van der Waals surface area contributed by atoms with Crippen LogP contribution in [0.1, 0.15) is 36.5 Å². The van der Waals surface area contributed by atoms with Crippen LogP contribution in [0.5, 0.6) is 0 Å². The van der Waals surface area contributed by atoms with Crippen molar-refractivity contribution in [3.8, 4) is 0 Å².